The SMILES string of the molecule is CCCCCCCCCC/C=C/C(O)C(COC1OC(CO)C(O)C(OS(=O)(=O)O)C1O)NC(=O)CCCCCCCCCCCC/C=C\CCCCCCCCCCCCCC. The van der Waals surface area contributed by atoms with E-state index in [2.05, 4.69) is 35.5 Å². The van der Waals surface area contributed by atoms with E-state index in [-0.39, 0.29) is 18.9 Å². The van der Waals surface area contributed by atoms with Gasteiger partial charge < -0.3 is 35.2 Å². The summed E-state index contributed by atoms with van der Waals surface area (Å²) in [7, 11) is -5.08. The summed E-state index contributed by atoms with van der Waals surface area (Å²) >= 11 is 0. The highest BCUT2D eigenvalue weighted by atomic mass is 32.3. The summed E-state index contributed by atoms with van der Waals surface area (Å²) < 4.78 is 47.6. The van der Waals surface area contributed by atoms with E-state index in [1.54, 1.807) is 6.08 Å². The normalized spacial score (nSPS) is 20.5. The quantitative estimate of drug-likeness (QED) is 0.0194. The van der Waals surface area contributed by atoms with Gasteiger partial charge in [0.1, 0.15) is 24.4 Å². The molecule has 1 aliphatic rings. The van der Waals surface area contributed by atoms with Gasteiger partial charge in [0.05, 0.1) is 25.4 Å². The Morgan fingerprint density at radius 3 is 1.43 bits per heavy atom. The number of carbonyl (C=O) groups is 1. The van der Waals surface area contributed by atoms with Gasteiger partial charge >= 0.3 is 10.4 Å². The number of allylic oxidation sites excluding steroid dienone is 3. The topological polar surface area (TPSA) is 192 Å². The summed E-state index contributed by atoms with van der Waals surface area (Å²) in [5, 5.41) is 44.7. The summed E-state index contributed by atoms with van der Waals surface area (Å²) in [4.78, 5) is 13.0. The van der Waals surface area contributed by atoms with Gasteiger partial charge in [0.15, 0.2) is 6.29 Å². The van der Waals surface area contributed by atoms with Crippen LogP contribution in [0, 0.1) is 0 Å². The number of hydrogen-bond donors (Lipinski definition) is 6. The van der Waals surface area contributed by atoms with Crippen LogP contribution in [-0.2, 0) is 28.9 Å². The molecule has 0 radical (unpaired) electrons. The van der Waals surface area contributed by atoms with Crippen LogP contribution in [0.2, 0.25) is 0 Å². The molecule has 0 aromatic rings. The Morgan fingerprint density at radius 2 is 1.02 bits per heavy atom. The Morgan fingerprint density at radius 1 is 0.619 bits per heavy atom. The zero-order valence-corrected chi connectivity index (χ0v) is 40.7. The van der Waals surface area contributed by atoms with Gasteiger partial charge in [0.2, 0.25) is 5.91 Å². The Kier molecular flexibility index (Phi) is 38.6. The van der Waals surface area contributed by atoms with Gasteiger partial charge in [0, 0.05) is 6.42 Å². The molecule has 0 bridgehead atoms. The van der Waals surface area contributed by atoms with Crippen LogP contribution in [0.5, 0.6) is 0 Å². The first-order chi connectivity index (χ1) is 30.5. The number of unbranched alkanes of at least 4 members (excludes halogenated alkanes) is 30. The van der Waals surface area contributed by atoms with Crippen molar-refractivity contribution in [1.82, 2.24) is 5.32 Å². The van der Waals surface area contributed by atoms with Crippen molar-refractivity contribution in [2.24, 2.45) is 0 Å². The minimum absolute atomic E-state index is 0.264. The van der Waals surface area contributed by atoms with Crippen LogP contribution in [-0.4, -0.2) is 95.4 Å². The van der Waals surface area contributed by atoms with Crippen LogP contribution in [0.4, 0.5) is 0 Å². The van der Waals surface area contributed by atoms with Gasteiger partial charge in [-0.2, -0.15) is 8.42 Å². The number of aliphatic hydroxyl groups is 4. The van der Waals surface area contributed by atoms with E-state index in [0.29, 0.717) is 6.42 Å². The third-order valence-electron chi connectivity index (χ3n) is 12.2. The van der Waals surface area contributed by atoms with Crippen LogP contribution in [0.1, 0.15) is 232 Å². The fourth-order valence-electron chi connectivity index (χ4n) is 8.21. The molecule has 0 aliphatic carbocycles. The maximum Gasteiger partial charge on any atom is 0.397 e. The molecule has 0 aromatic heterocycles. The fraction of sp³-hybridized carbons (Fsp3) is 0.900. The zero-order valence-electron chi connectivity index (χ0n) is 39.9. The lowest BCUT2D eigenvalue weighted by atomic mass is 9.99. The second-order valence-corrected chi connectivity index (χ2v) is 19.2. The third-order valence-corrected chi connectivity index (χ3v) is 12.7. The molecule has 12 nitrogen and oxygen atoms in total. The van der Waals surface area contributed by atoms with Gasteiger partial charge in [-0.25, -0.2) is 4.18 Å². The summed E-state index contributed by atoms with van der Waals surface area (Å²) in [6.07, 6.45) is 39.6. The summed E-state index contributed by atoms with van der Waals surface area (Å²) in [6.45, 7) is 3.37. The highest BCUT2D eigenvalue weighted by Crippen LogP contribution is 2.26. The molecule has 6 N–H and O–H groups in total. The number of ether oxygens (including phenoxy) is 2. The molecule has 0 aromatic carbocycles. The first-order valence-corrected chi connectivity index (χ1v) is 27.1. The molecule has 372 valence electrons. The molecule has 1 amide bonds. The van der Waals surface area contributed by atoms with Crippen LogP contribution >= 0.6 is 0 Å². The monoisotopic (exact) mass is 918 g/mol. The van der Waals surface area contributed by atoms with Crippen molar-refractivity contribution >= 4 is 16.3 Å². The van der Waals surface area contributed by atoms with Gasteiger partial charge in [-0.15, -0.1) is 0 Å². The number of carbonyl (C=O) groups excluding carboxylic acids is 1. The van der Waals surface area contributed by atoms with E-state index in [9.17, 15) is 38.2 Å². The molecule has 1 rings (SSSR count). The molecule has 13 heteroatoms. The lowest BCUT2D eigenvalue weighted by Gasteiger charge is -2.41. The van der Waals surface area contributed by atoms with E-state index >= 15 is 0 Å². The third kappa shape index (κ3) is 33.7. The van der Waals surface area contributed by atoms with Crippen LogP contribution < -0.4 is 5.32 Å². The smallest absolute Gasteiger partial charge is 0.394 e. The average Bonchev–Trinajstić information content (AvgIpc) is 3.25. The van der Waals surface area contributed by atoms with Gasteiger partial charge in [-0.05, 0) is 44.9 Å². The van der Waals surface area contributed by atoms with Crippen molar-refractivity contribution in [3.8, 4) is 0 Å². The van der Waals surface area contributed by atoms with Gasteiger partial charge in [0.25, 0.3) is 0 Å². The van der Waals surface area contributed by atoms with Crippen LogP contribution in [0.3, 0.4) is 0 Å². The predicted octanol–water partition coefficient (Wildman–Crippen LogP) is 10.9. The lowest BCUT2D eigenvalue weighted by Crippen LogP contribution is -2.61. The minimum Gasteiger partial charge on any atom is -0.394 e. The van der Waals surface area contributed by atoms with Crippen LogP contribution in [0.15, 0.2) is 24.3 Å². The predicted molar refractivity (Wildman–Crippen MR) is 255 cm³/mol. The van der Waals surface area contributed by atoms with Crippen molar-refractivity contribution in [2.75, 3.05) is 13.2 Å². The average molecular weight is 918 g/mol. The van der Waals surface area contributed by atoms with E-state index in [4.69, 9.17) is 9.47 Å². The number of aliphatic hydroxyl groups excluding tert-OH is 4. The molecule has 1 aliphatic heterocycles. The zero-order chi connectivity index (χ0) is 46.2. The summed E-state index contributed by atoms with van der Waals surface area (Å²) in [5.41, 5.74) is 0. The molecular weight excluding hydrogens is 823 g/mol. The first-order valence-electron chi connectivity index (χ1n) is 25.7. The van der Waals surface area contributed by atoms with Crippen molar-refractivity contribution in [3.63, 3.8) is 0 Å². The second-order valence-electron chi connectivity index (χ2n) is 18.1. The first kappa shape index (κ1) is 59.6. The number of amides is 1. The van der Waals surface area contributed by atoms with Crippen molar-refractivity contribution in [2.45, 2.75) is 275 Å². The summed E-state index contributed by atoms with van der Waals surface area (Å²) in [6, 6.07) is -0.941. The standard InChI is InChI=1S/C50H95NO11S/c1-3-5-7-9-11-13-15-16-17-18-19-20-21-22-23-24-25-26-27-28-29-30-32-34-36-38-40-46(54)51-43(44(53)39-37-35-33-31-14-12-10-8-6-4-2)42-60-50-48(56)49(62-63(57,58)59)47(55)45(41-52)61-50/h22-23,37,39,43-45,47-50,52-53,55-56H,3-21,24-36,38,40-42H2,1-2H3,(H,51,54)(H,57,58,59)/b23-22-,39-37+. The van der Waals surface area contributed by atoms with Crippen molar-refractivity contribution in [3.05, 3.63) is 24.3 Å². The van der Waals surface area contributed by atoms with E-state index in [0.717, 1.165) is 38.5 Å². The van der Waals surface area contributed by atoms with Crippen LogP contribution in [0.25, 0.3) is 0 Å². The second kappa shape index (κ2) is 40.8. The Balaban J connectivity index is 2.32. The number of hydrogen-bond acceptors (Lipinski definition) is 10. The molecule has 0 saturated carbocycles. The molecular formula is C50H95NO11S. The maximum atomic E-state index is 13.0. The van der Waals surface area contributed by atoms with E-state index in [1.165, 1.54) is 167 Å². The Hall–Kier alpha value is -1.42. The molecule has 63 heavy (non-hydrogen) atoms. The summed E-state index contributed by atoms with van der Waals surface area (Å²) in [5.74, 6) is -0.264. The molecule has 1 heterocycles. The van der Waals surface area contributed by atoms with E-state index < -0.39 is 59.9 Å². The van der Waals surface area contributed by atoms with Gasteiger partial charge in [-0.1, -0.05) is 205 Å². The molecule has 7 unspecified atom stereocenters. The Bertz CT molecular complexity index is 1220. The van der Waals surface area contributed by atoms with E-state index in [1.807, 2.05) is 6.08 Å². The molecule has 7 atom stereocenters. The van der Waals surface area contributed by atoms with Gasteiger partial charge in [-0.3, -0.25) is 9.35 Å². The highest BCUT2D eigenvalue weighted by Gasteiger charge is 2.48. The molecule has 1 saturated heterocycles. The van der Waals surface area contributed by atoms with Crippen molar-refractivity contribution < 1.29 is 51.8 Å². The molecule has 0 spiro atoms. The minimum atomic E-state index is -5.08. The molecule has 1 fully saturated rings. The lowest BCUT2D eigenvalue weighted by molar-refractivity contribution is -0.298. The number of nitrogens with one attached hydrogen (secondary N) is 1. The number of rotatable bonds is 44. The highest BCUT2D eigenvalue weighted by molar-refractivity contribution is 7.80. The largest absolute Gasteiger partial charge is 0.397 e. The van der Waals surface area contributed by atoms with Crippen molar-refractivity contribution in [1.29, 1.82) is 0 Å². The maximum absolute atomic E-state index is 13.0. The Labute approximate surface area is 384 Å². The fourth-order valence-corrected chi connectivity index (χ4v) is 8.72.